The van der Waals surface area contributed by atoms with Gasteiger partial charge in [-0.3, -0.25) is 4.90 Å². The molecular formula is C16H29N3S. The van der Waals surface area contributed by atoms with Gasteiger partial charge < -0.3 is 5.32 Å². The lowest BCUT2D eigenvalue weighted by Crippen LogP contribution is -2.58. The maximum atomic E-state index is 4.64. The Morgan fingerprint density at radius 1 is 1.30 bits per heavy atom. The van der Waals surface area contributed by atoms with Gasteiger partial charge in [0, 0.05) is 29.1 Å². The molecule has 0 spiro atoms. The van der Waals surface area contributed by atoms with E-state index in [4.69, 9.17) is 0 Å². The molecule has 0 amide bonds. The number of likely N-dealkylation sites (N-methyl/N-ethyl adjacent to an activating group) is 1. The van der Waals surface area contributed by atoms with Gasteiger partial charge in [0.2, 0.25) is 0 Å². The standard InChI is InChI=1S/C16H29N3S/c1-13-12-20-15(18-13)11-14(17-4)16(2,3)19-9-7-5-6-8-10-19/h12,14,17H,5-11H2,1-4H3. The molecule has 0 bridgehead atoms. The average molecular weight is 295 g/mol. The van der Waals surface area contributed by atoms with Crippen LogP contribution in [0.2, 0.25) is 0 Å². The number of likely N-dealkylation sites (tertiary alicyclic amines) is 1. The summed E-state index contributed by atoms with van der Waals surface area (Å²) in [7, 11) is 2.09. The van der Waals surface area contributed by atoms with Crippen LogP contribution in [-0.2, 0) is 6.42 Å². The summed E-state index contributed by atoms with van der Waals surface area (Å²) in [5, 5.41) is 6.95. The highest BCUT2D eigenvalue weighted by Crippen LogP contribution is 2.26. The Morgan fingerprint density at radius 3 is 2.45 bits per heavy atom. The van der Waals surface area contributed by atoms with Crippen LogP contribution in [0, 0.1) is 6.92 Å². The van der Waals surface area contributed by atoms with E-state index >= 15 is 0 Å². The fraction of sp³-hybridized carbons (Fsp3) is 0.812. The summed E-state index contributed by atoms with van der Waals surface area (Å²) >= 11 is 1.79. The third-order valence-corrected chi connectivity index (χ3v) is 5.66. The lowest BCUT2D eigenvalue weighted by molar-refractivity contribution is 0.0864. The quantitative estimate of drug-likeness (QED) is 0.904. The summed E-state index contributed by atoms with van der Waals surface area (Å²) in [5.41, 5.74) is 1.33. The Kier molecular flexibility index (Phi) is 5.58. The predicted octanol–water partition coefficient (Wildman–Crippen LogP) is 3.24. The van der Waals surface area contributed by atoms with Gasteiger partial charge >= 0.3 is 0 Å². The zero-order chi connectivity index (χ0) is 14.6. The van der Waals surface area contributed by atoms with Crippen molar-refractivity contribution >= 4 is 11.3 Å². The van der Waals surface area contributed by atoms with Gasteiger partial charge in [0.15, 0.2) is 0 Å². The smallest absolute Gasteiger partial charge is 0.0944 e. The Balaban J connectivity index is 2.07. The Hall–Kier alpha value is -0.450. The SMILES string of the molecule is CNC(Cc1nc(C)cs1)C(C)(C)N1CCCCCC1. The molecule has 2 rings (SSSR count). The van der Waals surface area contributed by atoms with Gasteiger partial charge in [0.1, 0.15) is 0 Å². The minimum atomic E-state index is 0.179. The molecule has 2 heterocycles. The molecule has 0 saturated carbocycles. The summed E-state index contributed by atoms with van der Waals surface area (Å²) in [4.78, 5) is 7.32. The van der Waals surface area contributed by atoms with E-state index in [2.05, 4.69) is 48.4 Å². The lowest BCUT2D eigenvalue weighted by Gasteiger charge is -2.43. The summed E-state index contributed by atoms with van der Waals surface area (Å²) in [6, 6.07) is 0.450. The number of hydrogen-bond donors (Lipinski definition) is 1. The minimum Gasteiger partial charge on any atom is -0.315 e. The van der Waals surface area contributed by atoms with Crippen LogP contribution in [0.5, 0.6) is 0 Å². The molecule has 20 heavy (non-hydrogen) atoms. The van der Waals surface area contributed by atoms with Gasteiger partial charge in [0.05, 0.1) is 5.01 Å². The Labute approximate surface area is 127 Å². The lowest BCUT2D eigenvalue weighted by atomic mass is 9.89. The first kappa shape index (κ1) is 15.9. The van der Waals surface area contributed by atoms with Crippen LogP contribution in [-0.4, -0.2) is 41.6 Å². The average Bonchev–Trinajstić information content (AvgIpc) is 2.68. The van der Waals surface area contributed by atoms with E-state index < -0.39 is 0 Å². The zero-order valence-electron chi connectivity index (χ0n) is 13.4. The molecule has 1 aromatic rings. The van der Waals surface area contributed by atoms with Crippen molar-refractivity contribution in [2.75, 3.05) is 20.1 Å². The molecule has 1 atom stereocenters. The first-order chi connectivity index (χ1) is 9.54. The number of nitrogens with zero attached hydrogens (tertiary/aromatic N) is 2. The summed E-state index contributed by atoms with van der Waals surface area (Å²) in [5.74, 6) is 0. The first-order valence-corrected chi connectivity index (χ1v) is 8.75. The van der Waals surface area contributed by atoms with Crippen molar-refractivity contribution in [1.82, 2.24) is 15.2 Å². The van der Waals surface area contributed by atoms with Gasteiger partial charge in [-0.15, -0.1) is 11.3 Å². The highest BCUT2D eigenvalue weighted by molar-refractivity contribution is 7.09. The molecule has 1 aliphatic rings. The molecule has 1 aliphatic heterocycles. The molecule has 1 unspecified atom stereocenters. The van der Waals surface area contributed by atoms with Crippen molar-refractivity contribution < 1.29 is 0 Å². The molecular weight excluding hydrogens is 266 g/mol. The third kappa shape index (κ3) is 3.80. The molecule has 0 aliphatic carbocycles. The third-order valence-electron chi connectivity index (χ3n) is 4.67. The van der Waals surface area contributed by atoms with E-state index in [1.165, 1.54) is 43.8 Å². The number of rotatable bonds is 5. The van der Waals surface area contributed by atoms with Crippen LogP contribution in [0.4, 0.5) is 0 Å². The molecule has 0 radical (unpaired) electrons. The molecule has 1 fully saturated rings. The number of thiazole rings is 1. The van der Waals surface area contributed by atoms with E-state index in [-0.39, 0.29) is 5.54 Å². The Morgan fingerprint density at radius 2 is 1.95 bits per heavy atom. The van der Waals surface area contributed by atoms with Gasteiger partial charge in [-0.05, 0) is 53.8 Å². The zero-order valence-corrected chi connectivity index (χ0v) is 14.2. The number of aromatic nitrogens is 1. The van der Waals surface area contributed by atoms with Crippen LogP contribution in [0.1, 0.15) is 50.2 Å². The Bertz CT molecular complexity index is 406. The van der Waals surface area contributed by atoms with E-state index in [9.17, 15) is 0 Å². The fourth-order valence-electron chi connectivity index (χ4n) is 3.24. The molecule has 0 aromatic carbocycles. The van der Waals surface area contributed by atoms with E-state index in [1.54, 1.807) is 11.3 Å². The monoisotopic (exact) mass is 295 g/mol. The largest absolute Gasteiger partial charge is 0.315 e. The van der Waals surface area contributed by atoms with Gasteiger partial charge in [-0.2, -0.15) is 0 Å². The van der Waals surface area contributed by atoms with Crippen molar-refractivity contribution in [2.45, 2.75) is 64.5 Å². The van der Waals surface area contributed by atoms with Crippen LogP contribution in [0.15, 0.2) is 5.38 Å². The van der Waals surface area contributed by atoms with Crippen molar-refractivity contribution in [2.24, 2.45) is 0 Å². The van der Waals surface area contributed by atoms with Crippen LogP contribution in [0.3, 0.4) is 0 Å². The van der Waals surface area contributed by atoms with E-state index in [0.717, 1.165) is 12.1 Å². The van der Waals surface area contributed by atoms with Crippen molar-refractivity contribution in [3.8, 4) is 0 Å². The van der Waals surface area contributed by atoms with Crippen LogP contribution < -0.4 is 5.32 Å². The first-order valence-electron chi connectivity index (χ1n) is 7.87. The number of nitrogens with one attached hydrogen (secondary N) is 1. The van der Waals surface area contributed by atoms with E-state index in [0.29, 0.717) is 6.04 Å². The predicted molar refractivity (Wildman–Crippen MR) is 87.5 cm³/mol. The molecule has 1 N–H and O–H groups in total. The summed E-state index contributed by atoms with van der Waals surface area (Å²) in [6.45, 7) is 9.33. The number of aryl methyl sites for hydroxylation is 1. The molecule has 1 aromatic heterocycles. The summed E-state index contributed by atoms with van der Waals surface area (Å²) in [6.07, 6.45) is 6.50. The molecule has 4 heteroatoms. The maximum Gasteiger partial charge on any atom is 0.0944 e. The van der Waals surface area contributed by atoms with Gasteiger partial charge in [0.25, 0.3) is 0 Å². The minimum absolute atomic E-state index is 0.179. The van der Waals surface area contributed by atoms with Crippen LogP contribution in [0.25, 0.3) is 0 Å². The normalized spacial score (nSPS) is 19.8. The van der Waals surface area contributed by atoms with Gasteiger partial charge in [-0.25, -0.2) is 4.98 Å². The second-order valence-corrected chi connectivity index (χ2v) is 7.43. The van der Waals surface area contributed by atoms with E-state index in [1.807, 2.05) is 0 Å². The molecule has 114 valence electrons. The molecule has 1 saturated heterocycles. The van der Waals surface area contributed by atoms with Crippen molar-refractivity contribution in [1.29, 1.82) is 0 Å². The number of hydrogen-bond acceptors (Lipinski definition) is 4. The molecule has 3 nitrogen and oxygen atoms in total. The highest BCUT2D eigenvalue weighted by atomic mass is 32.1. The van der Waals surface area contributed by atoms with Crippen molar-refractivity contribution in [3.63, 3.8) is 0 Å². The summed E-state index contributed by atoms with van der Waals surface area (Å²) < 4.78 is 0. The topological polar surface area (TPSA) is 28.2 Å². The second kappa shape index (κ2) is 7.01. The van der Waals surface area contributed by atoms with Crippen LogP contribution >= 0.6 is 11.3 Å². The second-order valence-electron chi connectivity index (χ2n) is 6.48. The fourth-order valence-corrected chi connectivity index (χ4v) is 4.06. The van der Waals surface area contributed by atoms with Crippen molar-refractivity contribution in [3.05, 3.63) is 16.1 Å². The van der Waals surface area contributed by atoms with Gasteiger partial charge in [-0.1, -0.05) is 12.8 Å². The highest BCUT2D eigenvalue weighted by Gasteiger charge is 2.35. The maximum absolute atomic E-state index is 4.64.